The Balaban J connectivity index is 1.88. The maximum atomic E-state index is 13.1. The third-order valence-corrected chi connectivity index (χ3v) is 4.42. The van der Waals surface area contributed by atoms with Gasteiger partial charge in [0.2, 0.25) is 5.91 Å². The molecular weight excluding hydrogens is 372 g/mol. The molecule has 0 fully saturated rings. The number of H-pyrrole nitrogens is 2. The van der Waals surface area contributed by atoms with Gasteiger partial charge in [-0.2, -0.15) is 0 Å². The third-order valence-electron chi connectivity index (χ3n) is 4.42. The molecule has 3 N–H and O–H groups in total. The average molecular weight is 392 g/mol. The van der Waals surface area contributed by atoms with E-state index in [1.807, 2.05) is 53.5 Å². The smallest absolute Gasteiger partial charge is 0.325 e. The minimum Gasteiger partial charge on any atom is -0.340 e. The summed E-state index contributed by atoms with van der Waals surface area (Å²) in [4.78, 5) is 54.5. The van der Waals surface area contributed by atoms with E-state index in [2.05, 4.69) is 10.3 Å². The van der Waals surface area contributed by atoms with Gasteiger partial charge in [-0.1, -0.05) is 48.5 Å². The van der Waals surface area contributed by atoms with Crippen molar-refractivity contribution in [1.82, 2.24) is 15.3 Å². The summed E-state index contributed by atoms with van der Waals surface area (Å²) in [6.07, 6.45) is 1.27. The lowest BCUT2D eigenvalue weighted by molar-refractivity contribution is -0.120. The molecule has 0 spiro atoms. The van der Waals surface area contributed by atoms with E-state index in [-0.39, 0.29) is 17.9 Å². The summed E-state index contributed by atoms with van der Waals surface area (Å²) in [6, 6.07) is 17.3. The Morgan fingerprint density at radius 1 is 1.00 bits per heavy atom. The first-order valence-corrected chi connectivity index (χ1v) is 8.95. The lowest BCUT2D eigenvalue weighted by Gasteiger charge is -2.25. The van der Waals surface area contributed by atoms with Crippen LogP contribution in [0.2, 0.25) is 0 Å². The molecule has 148 valence electrons. The molecule has 1 atom stereocenters. The second kappa shape index (κ2) is 8.83. The highest BCUT2D eigenvalue weighted by Gasteiger charge is 2.26. The Morgan fingerprint density at radius 2 is 1.62 bits per heavy atom. The topological polar surface area (TPSA) is 115 Å². The monoisotopic (exact) mass is 392 g/mol. The normalized spacial score (nSPS) is 11.5. The van der Waals surface area contributed by atoms with E-state index in [4.69, 9.17) is 0 Å². The number of anilines is 1. The van der Waals surface area contributed by atoms with Crippen molar-refractivity contribution in [3.8, 4) is 0 Å². The predicted molar refractivity (Wildman–Crippen MR) is 109 cm³/mol. The Hall–Kier alpha value is -3.94. The second-order valence-corrected chi connectivity index (χ2v) is 6.43. The number of hydrogen-bond donors (Lipinski definition) is 3. The van der Waals surface area contributed by atoms with Crippen LogP contribution in [0.3, 0.4) is 0 Å². The number of rotatable bonds is 6. The fraction of sp³-hybridized carbons (Fsp3) is 0.143. The lowest BCUT2D eigenvalue weighted by Crippen LogP contribution is -2.49. The second-order valence-electron chi connectivity index (χ2n) is 6.43. The van der Waals surface area contributed by atoms with Crippen LogP contribution in [0.25, 0.3) is 0 Å². The number of aromatic nitrogens is 2. The summed E-state index contributed by atoms with van der Waals surface area (Å²) in [7, 11) is 1.62. The van der Waals surface area contributed by atoms with Gasteiger partial charge in [0, 0.05) is 25.4 Å². The van der Waals surface area contributed by atoms with Crippen LogP contribution >= 0.6 is 0 Å². The van der Waals surface area contributed by atoms with Gasteiger partial charge in [-0.3, -0.25) is 19.4 Å². The summed E-state index contributed by atoms with van der Waals surface area (Å²) in [5.41, 5.74) is -0.298. The van der Waals surface area contributed by atoms with Gasteiger partial charge in [0.25, 0.3) is 11.5 Å². The highest BCUT2D eigenvalue weighted by atomic mass is 16.2. The Labute approximate surface area is 166 Å². The van der Waals surface area contributed by atoms with Gasteiger partial charge in [0.05, 0.1) is 0 Å². The molecule has 2 amide bonds. The maximum absolute atomic E-state index is 13.1. The molecule has 0 aliphatic carbocycles. The van der Waals surface area contributed by atoms with Crippen molar-refractivity contribution in [1.29, 1.82) is 0 Å². The number of amides is 2. The maximum Gasteiger partial charge on any atom is 0.325 e. The zero-order valence-electron chi connectivity index (χ0n) is 15.7. The molecule has 0 aliphatic rings. The number of hydrogen-bond acceptors (Lipinski definition) is 4. The molecule has 0 saturated heterocycles. The highest BCUT2D eigenvalue weighted by molar-refractivity contribution is 6.02. The lowest BCUT2D eigenvalue weighted by atomic mass is 10.0. The number of nitrogens with zero attached hydrogens (tertiary/aromatic N) is 1. The highest BCUT2D eigenvalue weighted by Crippen LogP contribution is 2.14. The van der Waals surface area contributed by atoms with Gasteiger partial charge >= 0.3 is 5.69 Å². The number of nitrogens with one attached hydrogen (secondary N) is 3. The molecule has 3 rings (SSSR count). The van der Waals surface area contributed by atoms with Crippen molar-refractivity contribution in [2.24, 2.45) is 0 Å². The van der Waals surface area contributed by atoms with Crippen molar-refractivity contribution in [2.75, 3.05) is 11.9 Å². The molecule has 8 heteroatoms. The van der Waals surface area contributed by atoms with Crippen LogP contribution in [0.15, 0.2) is 76.4 Å². The molecular formula is C21H20N4O4. The molecule has 3 aromatic rings. The van der Waals surface area contributed by atoms with Crippen molar-refractivity contribution < 1.29 is 9.59 Å². The number of aromatic amines is 2. The van der Waals surface area contributed by atoms with Crippen LogP contribution in [0.1, 0.15) is 15.9 Å². The van der Waals surface area contributed by atoms with Gasteiger partial charge in [-0.05, 0) is 17.7 Å². The fourth-order valence-electron chi connectivity index (χ4n) is 2.88. The molecule has 0 unspecified atom stereocenters. The SMILES string of the molecule is CN(C(=O)[C@H](Cc1ccccc1)NC(=O)c1c[nH]c(=O)[nH]c1=O)c1ccccc1. The minimum absolute atomic E-state index is 0.240. The van der Waals surface area contributed by atoms with E-state index in [0.29, 0.717) is 5.69 Å². The number of carbonyl (C=O) groups excluding carboxylic acids is 2. The van der Waals surface area contributed by atoms with E-state index >= 15 is 0 Å². The molecule has 29 heavy (non-hydrogen) atoms. The zero-order valence-corrected chi connectivity index (χ0v) is 15.7. The van der Waals surface area contributed by atoms with Crippen molar-refractivity contribution in [3.63, 3.8) is 0 Å². The first-order chi connectivity index (χ1) is 14.0. The largest absolute Gasteiger partial charge is 0.340 e. The Kier molecular flexibility index (Phi) is 6.03. The predicted octanol–water partition coefficient (Wildman–Crippen LogP) is 1.07. The number of benzene rings is 2. The standard InChI is InChI=1S/C21H20N4O4/c1-25(15-10-6-3-7-11-15)20(28)17(12-14-8-4-2-5-9-14)23-18(26)16-13-22-21(29)24-19(16)27/h2-11,13,17H,12H2,1H3,(H,23,26)(H2,22,24,27,29)/t17-/m0/s1. The fourth-order valence-corrected chi connectivity index (χ4v) is 2.88. The van der Waals surface area contributed by atoms with Gasteiger partial charge in [-0.25, -0.2) is 4.79 Å². The van der Waals surface area contributed by atoms with E-state index in [1.54, 1.807) is 19.2 Å². The van der Waals surface area contributed by atoms with Crippen LogP contribution in [0.5, 0.6) is 0 Å². The van der Waals surface area contributed by atoms with Crippen LogP contribution in [-0.4, -0.2) is 34.9 Å². The molecule has 1 aromatic heterocycles. The Morgan fingerprint density at radius 3 is 2.24 bits per heavy atom. The molecule has 0 bridgehead atoms. The summed E-state index contributed by atoms with van der Waals surface area (Å²) in [5.74, 6) is -1.09. The van der Waals surface area contributed by atoms with Crippen LogP contribution in [0.4, 0.5) is 5.69 Å². The molecule has 2 aromatic carbocycles. The number of carbonyl (C=O) groups is 2. The number of para-hydroxylation sites is 1. The van der Waals surface area contributed by atoms with E-state index in [0.717, 1.165) is 11.8 Å². The molecule has 0 saturated carbocycles. The summed E-state index contributed by atoms with van der Waals surface area (Å²) in [6.45, 7) is 0. The average Bonchev–Trinajstić information content (AvgIpc) is 2.73. The third kappa shape index (κ3) is 4.86. The van der Waals surface area contributed by atoms with E-state index in [1.165, 1.54) is 4.90 Å². The Bertz CT molecular complexity index is 1110. The van der Waals surface area contributed by atoms with Gasteiger partial charge < -0.3 is 15.2 Å². The van der Waals surface area contributed by atoms with Gasteiger partial charge in [0.1, 0.15) is 11.6 Å². The minimum atomic E-state index is -0.915. The molecule has 0 radical (unpaired) electrons. The molecule has 0 aliphatic heterocycles. The quantitative estimate of drug-likeness (QED) is 0.582. The van der Waals surface area contributed by atoms with Crippen LogP contribution in [0, 0.1) is 0 Å². The number of likely N-dealkylation sites (N-methyl/N-ethyl adjacent to an activating group) is 1. The zero-order chi connectivity index (χ0) is 20.8. The summed E-state index contributed by atoms with van der Waals surface area (Å²) < 4.78 is 0. The van der Waals surface area contributed by atoms with E-state index in [9.17, 15) is 19.2 Å². The van der Waals surface area contributed by atoms with Crippen molar-refractivity contribution in [2.45, 2.75) is 12.5 Å². The van der Waals surface area contributed by atoms with Gasteiger partial charge in [0.15, 0.2) is 0 Å². The first kappa shape index (κ1) is 19.8. The van der Waals surface area contributed by atoms with E-state index < -0.39 is 23.2 Å². The summed E-state index contributed by atoms with van der Waals surface area (Å²) in [5, 5.41) is 2.62. The molecule has 1 heterocycles. The van der Waals surface area contributed by atoms with Crippen molar-refractivity contribution in [3.05, 3.63) is 98.8 Å². The van der Waals surface area contributed by atoms with Crippen LogP contribution in [-0.2, 0) is 11.2 Å². The van der Waals surface area contributed by atoms with Crippen molar-refractivity contribution >= 4 is 17.5 Å². The first-order valence-electron chi connectivity index (χ1n) is 8.95. The molecule has 8 nitrogen and oxygen atoms in total. The summed E-state index contributed by atoms with van der Waals surface area (Å²) >= 11 is 0. The van der Waals surface area contributed by atoms with Crippen LogP contribution < -0.4 is 21.5 Å². The van der Waals surface area contributed by atoms with Gasteiger partial charge in [-0.15, -0.1) is 0 Å².